The average Bonchev–Trinajstić information content (AvgIpc) is 3.08. The summed E-state index contributed by atoms with van der Waals surface area (Å²) in [6, 6.07) is 0. The Labute approximate surface area is 130 Å². The van der Waals surface area contributed by atoms with Crippen LogP contribution in [0.5, 0.6) is 0 Å². The highest BCUT2D eigenvalue weighted by Crippen LogP contribution is 2.33. The van der Waals surface area contributed by atoms with Crippen molar-refractivity contribution in [2.45, 2.75) is 18.6 Å². The minimum Gasteiger partial charge on any atom is -0.369 e. The second-order valence-electron chi connectivity index (χ2n) is 5.17. The first-order valence-corrected chi connectivity index (χ1v) is 7.85. The molecule has 2 saturated heterocycles. The molecule has 0 saturated carbocycles. The lowest BCUT2D eigenvalue weighted by molar-refractivity contribution is -0.169. The van der Waals surface area contributed by atoms with Crippen LogP contribution in [0, 0.1) is 3.57 Å². The summed E-state index contributed by atoms with van der Waals surface area (Å²) in [5, 5.41) is 4.32. The summed E-state index contributed by atoms with van der Waals surface area (Å²) in [4.78, 5) is 6.81. The monoisotopic (exact) mass is 386 g/mol. The van der Waals surface area contributed by atoms with E-state index in [0.29, 0.717) is 0 Å². The molecule has 2 aliphatic rings. The van der Waals surface area contributed by atoms with Gasteiger partial charge in [0, 0.05) is 25.9 Å². The third-order valence-corrected chi connectivity index (χ3v) is 4.76. The summed E-state index contributed by atoms with van der Waals surface area (Å²) in [6.07, 6.45) is 7.60. The van der Waals surface area contributed by atoms with Gasteiger partial charge in [0.25, 0.3) is 0 Å². The van der Waals surface area contributed by atoms with E-state index < -0.39 is 0 Å². The van der Waals surface area contributed by atoms with Gasteiger partial charge in [-0.3, -0.25) is 0 Å². The second-order valence-corrected chi connectivity index (χ2v) is 6.33. The summed E-state index contributed by atoms with van der Waals surface area (Å²) in [7, 11) is 0. The van der Waals surface area contributed by atoms with Gasteiger partial charge in [0.1, 0.15) is 0 Å². The molecule has 4 rings (SSSR count). The van der Waals surface area contributed by atoms with Crippen molar-refractivity contribution in [3.8, 4) is 0 Å². The Morgan fingerprint density at radius 1 is 1.15 bits per heavy atom. The van der Waals surface area contributed by atoms with Crippen LogP contribution in [0.15, 0.2) is 18.6 Å². The molecule has 0 unspecified atom stereocenters. The molecule has 0 amide bonds. The zero-order valence-corrected chi connectivity index (χ0v) is 13.1. The van der Waals surface area contributed by atoms with Crippen LogP contribution in [0.1, 0.15) is 12.8 Å². The molecule has 1 spiro atoms. The van der Waals surface area contributed by atoms with Crippen LogP contribution in [0.25, 0.3) is 5.65 Å². The fourth-order valence-electron chi connectivity index (χ4n) is 2.89. The molecule has 7 heteroatoms. The van der Waals surface area contributed by atoms with Gasteiger partial charge in [-0.05, 0) is 22.6 Å². The highest BCUT2D eigenvalue weighted by molar-refractivity contribution is 14.1. The van der Waals surface area contributed by atoms with E-state index in [4.69, 9.17) is 9.47 Å². The van der Waals surface area contributed by atoms with Crippen molar-refractivity contribution in [2.24, 2.45) is 0 Å². The van der Waals surface area contributed by atoms with Gasteiger partial charge in [0.05, 0.1) is 41.1 Å². The van der Waals surface area contributed by atoms with E-state index in [1.54, 1.807) is 0 Å². The van der Waals surface area contributed by atoms with E-state index in [0.717, 1.165) is 54.0 Å². The smallest absolute Gasteiger partial charge is 0.171 e. The molecule has 0 aliphatic carbocycles. The van der Waals surface area contributed by atoms with Crippen LogP contribution in [-0.2, 0) is 9.47 Å². The first-order valence-electron chi connectivity index (χ1n) is 6.78. The molecular formula is C13H15IN4O2. The Balaban J connectivity index is 1.55. The highest BCUT2D eigenvalue weighted by Gasteiger charge is 2.39. The summed E-state index contributed by atoms with van der Waals surface area (Å²) >= 11 is 2.25. The Kier molecular flexibility index (Phi) is 3.08. The average molecular weight is 386 g/mol. The first kappa shape index (κ1) is 12.8. The van der Waals surface area contributed by atoms with Gasteiger partial charge in [0.15, 0.2) is 11.4 Å². The van der Waals surface area contributed by atoms with Crippen molar-refractivity contribution in [2.75, 3.05) is 31.2 Å². The molecule has 0 N–H and O–H groups in total. The van der Waals surface area contributed by atoms with Gasteiger partial charge in [-0.25, -0.2) is 9.50 Å². The van der Waals surface area contributed by atoms with E-state index in [1.807, 2.05) is 23.1 Å². The molecular weight excluding hydrogens is 371 g/mol. The molecule has 0 aromatic carbocycles. The van der Waals surface area contributed by atoms with Crippen LogP contribution >= 0.6 is 22.6 Å². The lowest BCUT2D eigenvalue weighted by Crippen LogP contribution is -2.45. The Hall–Kier alpha value is -0.930. The van der Waals surface area contributed by atoms with Crippen LogP contribution in [0.3, 0.4) is 0 Å². The zero-order valence-electron chi connectivity index (χ0n) is 11.0. The van der Waals surface area contributed by atoms with E-state index in [1.165, 1.54) is 0 Å². The first-order chi connectivity index (χ1) is 9.76. The van der Waals surface area contributed by atoms with Gasteiger partial charge in [-0.15, -0.1) is 0 Å². The molecule has 106 valence electrons. The van der Waals surface area contributed by atoms with Crippen LogP contribution < -0.4 is 4.90 Å². The maximum absolute atomic E-state index is 5.76. The lowest BCUT2D eigenvalue weighted by atomic mass is 10.0. The maximum atomic E-state index is 5.76. The van der Waals surface area contributed by atoms with E-state index in [9.17, 15) is 0 Å². The predicted octanol–water partition coefficient (Wildman–Crippen LogP) is 1.68. The van der Waals surface area contributed by atoms with Crippen LogP contribution in [-0.4, -0.2) is 46.7 Å². The Bertz CT molecular complexity index is 628. The Morgan fingerprint density at radius 2 is 1.90 bits per heavy atom. The Morgan fingerprint density at radius 3 is 2.65 bits per heavy atom. The molecule has 20 heavy (non-hydrogen) atoms. The second kappa shape index (κ2) is 4.81. The minimum absolute atomic E-state index is 0.324. The summed E-state index contributed by atoms with van der Waals surface area (Å²) in [5.41, 5.74) is 2.01. The van der Waals surface area contributed by atoms with E-state index in [-0.39, 0.29) is 5.79 Å². The van der Waals surface area contributed by atoms with E-state index in [2.05, 4.69) is 37.6 Å². The van der Waals surface area contributed by atoms with Crippen molar-refractivity contribution < 1.29 is 9.47 Å². The fourth-order valence-corrected chi connectivity index (χ4v) is 3.40. The largest absolute Gasteiger partial charge is 0.369 e. The quantitative estimate of drug-likeness (QED) is 0.699. The predicted molar refractivity (Wildman–Crippen MR) is 81.8 cm³/mol. The highest BCUT2D eigenvalue weighted by atomic mass is 127. The zero-order chi connectivity index (χ0) is 13.6. The molecule has 0 atom stereocenters. The maximum Gasteiger partial charge on any atom is 0.171 e. The molecule has 2 aromatic rings. The van der Waals surface area contributed by atoms with Gasteiger partial charge >= 0.3 is 0 Å². The van der Waals surface area contributed by atoms with Gasteiger partial charge in [-0.1, -0.05) is 0 Å². The molecule has 6 nitrogen and oxygen atoms in total. The molecule has 2 aliphatic heterocycles. The topological polar surface area (TPSA) is 51.9 Å². The third-order valence-electron chi connectivity index (χ3n) is 4.00. The summed E-state index contributed by atoms with van der Waals surface area (Å²) in [5.74, 6) is -0.324. The minimum atomic E-state index is -0.324. The number of rotatable bonds is 1. The summed E-state index contributed by atoms with van der Waals surface area (Å²) in [6.45, 7) is 3.29. The number of nitrogens with zero attached hydrogens (tertiary/aromatic N) is 4. The number of fused-ring (bicyclic) bond motifs is 1. The molecule has 4 heterocycles. The molecule has 0 bridgehead atoms. The van der Waals surface area contributed by atoms with E-state index >= 15 is 0 Å². The normalized spacial score (nSPS) is 21.9. The SMILES string of the molecule is Ic1cnn2cc(N3CCC4(CC3)OCCO4)cnc12. The number of hydrogen-bond donors (Lipinski definition) is 0. The molecule has 2 aromatic heterocycles. The number of hydrogen-bond acceptors (Lipinski definition) is 5. The number of aromatic nitrogens is 3. The lowest BCUT2D eigenvalue weighted by Gasteiger charge is -2.38. The van der Waals surface area contributed by atoms with Crippen LogP contribution in [0.4, 0.5) is 5.69 Å². The van der Waals surface area contributed by atoms with Gasteiger partial charge in [0.2, 0.25) is 0 Å². The van der Waals surface area contributed by atoms with Gasteiger partial charge < -0.3 is 14.4 Å². The molecule has 0 radical (unpaired) electrons. The number of halogens is 1. The van der Waals surface area contributed by atoms with Crippen molar-refractivity contribution in [1.29, 1.82) is 0 Å². The third kappa shape index (κ3) is 2.08. The number of piperidine rings is 1. The number of ether oxygens (including phenoxy) is 2. The van der Waals surface area contributed by atoms with Crippen molar-refractivity contribution in [3.05, 3.63) is 22.2 Å². The van der Waals surface area contributed by atoms with Gasteiger partial charge in [-0.2, -0.15) is 5.10 Å². The standard InChI is InChI=1S/C13H15IN4O2/c14-11-8-16-18-9-10(7-15-12(11)18)17-3-1-13(2-4-17)19-5-6-20-13/h7-9H,1-6H2. The van der Waals surface area contributed by atoms with Crippen molar-refractivity contribution >= 4 is 33.9 Å². The summed E-state index contributed by atoms with van der Waals surface area (Å²) < 4.78 is 14.4. The number of anilines is 1. The molecule has 2 fully saturated rings. The van der Waals surface area contributed by atoms with Crippen molar-refractivity contribution in [3.63, 3.8) is 0 Å². The van der Waals surface area contributed by atoms with Crippen molar-refractivity contribution in [1.82, 2.24) is 14.6 Å². The fraction of sp³-hybridized carbons (Fsp3) is 0.538. The van der Waals surface area contributed by atoms with Crippen LogP contribution in [0.2, 0.25) is 0 Å².